The second-order valence-corrected chi connectivity index (χ2v) is 7.82. The van der Waals surface area contributed by atoms with E-state index in [4.69, 9.17) is 28.2 Å². The van der Waals surface area contributed by atoms with Gasteiger partial charge in [-0.2, -0.15) is 0 Å². The van der Waals surface area contributed by atoms with Crippen LogP contribution in [0.4, 0.5) is 0 Å². The van der Waals surface area contributed by atoms with Crippen LogP contribution < -0.4 is 5.56 Å². The Morgan fingerprint density at radius 3 is 2.59 bits per heavy atom. The van der Waals surface area contributed by atoms with Gasteiger partial charge in [-0.3, -0.25) is 14.2 Å². The number of aromatic nitrogens is 2. The minimum absolute atomic E-state index is 0.130. The number of nitrogens with zero attached hydrogens (tertiary/aromatic N) is 3. The van der Waals surface area contributed by atoms with Crippen molar-refractivity contribution < 1.29 is 4.79 Å². The summed E-state index contributed by atoms with van der Waals surface area (Å²) in [6, 6.07) is 11.7. The molecule has 0 N–H and O–H groups in total. The quantitative estimate of drug-likeness (QED) is 0.535. The molecule has 152 valence electrons. The minimum atomic E-state index is -0.397. The van der Waals surface area contributed by atoms with Gasteiger partial charge in [0.15, 0.2) is 0 Å². The highest BCUT2D eigenvalue weighted by Gasteiger charge is 2.26. The fourth-order valence-electron chi connectivity index (χ4n) is 3.34. The number of amides is 1. The lowest BCUT2D eigenvalue weighted by Gasteiger charge is -2.30. The smallest absolute Gasteiger partial charge is 0.261 e. The van der Waals surface area contributed by atoms with E-state index in [2.05, 4.69) is 6.92 Å². The molecule has 1 amide bonds. The van der Waals surface area contributed by atoms with Crippen LogP contribution in [0.25, 0.3) is 10.9 Å². The van der Waals surface area contributed by atoms with E-state index < -0.39 is 6.04 Å². The number of carbonyl (C=O) groups excluding carboxylic acids is 1. The van der Waals surface area contributed by atoms with Crippen LogP contribution in [-0.4, -0.2) is 26.9 Å². The first kappa shape index (κ1) is 21.3. The molecule has 1 unspecified atom stereocenters. The molecule has 1 atom stereocenters. The SMILES string of the molecule is CCCCN(C(=O)c1ccc(Cl)c(Cl)c1)C(C)c1nc2ccccc2c(=O)n1C. The van der Waals surface area contributed by atoms with Gasteiger partial charge in [0.05, 0.1) is 27.0 Å². The van der Waals surface area contributed by atoms with Gasteiger partial charge in [0.1, 0.15) is 5.82 Å². The fraction of sp³-hybridized carbons (Fsp3) is 0.318. The van der Waals surface area contributed by atoms with Gasteiger partial charge in [-0.1, -0.05) is 48.7 Å². The van der Waals surface area contributed by atoms with Crippen molar-refractivity contribution in [1.29, 1.82) is 0 Å². The van der Waals surface area contributed by atoms with Crippen molar-refractivity contribution >= 4 is 40.0 Å². The van der Waals surface area contributed by atoms with Crippen molar-refractivity contribution in [2.75, 3.05) is 6.54 Å². The molecule has 0 spiro atoms. The van der Waals surface area contributed by atoms with Gasteiger partial charge in [-0.25, -0.2) is 4.98 Å². The Morgan fingerprint density at radius 1 is 1.17 bits per heavy atom. The van der Waals surface area contributed by atoms with Gasteiger partial charge in [0.25, 0.3) is 11.5 Å². The Hall–Kier alpha value is -2.37. The fourth-order valence-corrected chi connectivity index (χ4v) is 3.64. The molecule has 0 saturated heterocycles. The minimum Gasteiger partial charge on any atom is -0.329 e. The van der Waals surface area contributed by atoms with E-state index in [0.717, 1.165) is 12.8 Å². The maximum absolute atomic E-state index is 13.3. The van der Waals surface area contributed by atoms with Gasteiger partial charge in [-0.15, -0.1) is 0 Å². The molecule has 0 radical (unpaired) electrons. The predicted molar refractivity (Wildman–Crippen MR) is 118 cm³/mol. The van der Waals surface area contributed by atoms with Crippen molar-refractivity contribution in [3.8, 4) is 0 Å². The van der Waals surface area contributed by atoms with Gasteiger partial charge in [-0.05, 0) is 43.7 Å². The Balaban J connectivity index is 2.06. The average molecular weight is 432 g/mol. The molecule has 0 aliphatic carbocycles. The first-order chi connectivity index (χ1) is 13.8. The number of carbonyl (C=O) groups is 1. The molecule has 29 heavy (non-hydrogen) atoms. The molecule has 3 rings (SSSR count). The molecule has 7 heteroatoms. The first-order valence-corrected chi connectivity index (χ1v) is 10.3. The summed E-state index contributed by atoms with van der Waals surface area (Å²) < 4.78 is 1.52. The standard InChI is InChI=1S/C22H23Cl2N3O2/c1-4-5-12-27(21(28)15-10-11-17(23)18(24)13-15)14(2)20-25-19-9-7-6-8-16(19)22(29)26(20)3/h6-11,13-14H,4-5,12H2,1-3H3. The zero-order valence-corrected chi connectivity index (χ0v) is 18.2. The summed E-state index contributed by atoms with van der Waals surface area (Å²) >= 11 is 12.1. The molecular formula is C22H23Cl2N3O2. The number of benzene rings is 2. The van der Waals surface area contributed by atoms with Crippen LogP contribution in [0.15, 0.2) is 47.3 Å². The van der Waals surface area contributed by atoms with Crippen molar-refractivity contribution in [3.05, 3.63) is 74.3 Å². The lowest BCUT2D eigenvalue weighted by molar-refractivity contribution is 0.0677. The van der Waals surface area contributed by atoms with E-state index >= 15 is 0 Å². The zero-order valence-electron chi connectivity index (χ0n) is 16.7. The van der Waals surface area contributed by atoms with Crippen molar-refractivity contribution in [1.82, 2.24) is 14.5 Å². The average Bonchev–Trinajstić information content (AvgIpc) is 2.72. The number of fused-ring (bicyclic) bond motifs is 1. The van der Waals surface area contributed by atoms with Gasteiger partial charge in [0.2, 0.25) is 0 Å². The van der Waals surface area contributed by atoms with E-state index in [0.29, 0.717) is 38.9 Å². The molecule has 0 fully saturated rings. The van der Waals surface area contributed by atoms with E-state index in [-0.39, 0.29) is 11.5 Å². The summed E-state index contributed by atoms with van der Waals surface area (Å²) in [5.74, 6) is 0.366. The first-order valence-electron chi connectivity index (χ1n) is 9.56. The molecule has 0 aliphatic heterocycles. The number of hydrogen-bond donors (Lipinski definition) is 0. The van der Waals surface area contributed by atoms with Crippen LogP contribution in [-0.2, 0) is 7.05 Å². The zero-order chi connectivity index (χ0) is 21.1. The summed E-state index contributed by atoms with van der Waals surface area (Å²) in [5, 5.41) is 1.29. The molecule has 3 aromatic rings. The number of rotatable bonds is 6. The van der Waals surface area contributed by atoms with Crippen LogP contribution in [0.2, 0.25) is 10.0 Å². The molecular weight excluding hydrogens is 409 g/mol. The Bertz CT molecular complexity index is 1110. The Kier molecular flexibility index (Phi) is 6.60. The Labute approximate surface area is 179 Å². The highest BCUT2D eigenvalue weighted by Crippen LogP contribution is 2.26. The largest absolute Gasteiger partial charge is 0.329 e. The van der Waals surface area contributed by atoms with Gasteiger partial charge < -0.3 is 4.90 Å². The van der Waals surface area contributed by atoms with Crippen LogP contribution in [0.1, 0.15) is 48.9 Å². The molecule has 1 heterocycles. The molecule has 2 aromatic carbocycles. The summed E-state index contributed by atoms with van der Waals surface area (Å²) in [4.78, 5) is 32.5. The third-order valence-electron chi connectivity index (χ3n) is 5.04. The summed E-state index contributed by atoms with van der Waals surface area (Å²) in [7, 11) is 1.69. The molecule has 1 aromatic heterocycles. The van der Waals surface area contributed by atoms with Crippen molar-refractivity contribution in [3.63, 3.8) is 0 Å². The number of para-hydroxylation sites is 1. The molecule has 0 bridgehead atoms. The molecule has 5 nitrogen and oxygen atoms in total. The number of unbranched alkanes of at least 4 members (excludes halogenated alkanes) is 1. The summed E-state index contributed by atoms with van der Waals surface area (Å²) in [6.45, 7) is 4.50. The van der Waals surface area contributed by atoms with Crippen LogP contribution in [0.3, 0.4) is 0 Å². The highest BCUT2D eigenvalue weighted by molar-refractivity contribution is 6.42. The maximum atomic E-state index is 13.3. The highest BCUT2D eigenvalue weighted by atomic mass is 35.5. The van der Waals surface area contributed by atoms with Gasteiger partial charge in [0, 0.05) is 19.2 Å². The second-order valence-electron chi connectivity index (χ2n) is 7.01. The monoisotopic (exact) mass is 431 g/mol. The third kappa shape index (κ3) is 4.31. The van der Waals surface area contributed by atoms with E-state index in [1.165, 1.54) is 4.57 Å². The van der Waals surface area contributed by atoms with Crippen LogP contribution >= 0.6 is 23.2 Å². The number of halogens is 2. The van der Waals surface area contributed by atoms with Gasteiger partial charge >= 0.3 is 0 Å². The van der Waals surface area contributed by atoms with E-state index in [1.807, 2.05) is 25.1 Å². The van der Waals surface area contributed by atoms with E-state index in [9.17, 15) is 9.59 Å². The van der Waals surface area contributed by atoms with Crippen molar-refractivity contribution in [2.45, 2.75) is 32.7 Å². The van der Waals surface area contributed by atoms with E-state index in [1.54, 1.807) is 36.2 Å². The molecule has 0 aliphatic rings. The summed E-state index contributed by atoms with van der Waals surface area (Å²) in [5.41, 5.74) is 0.942. The summed E-state index contributed by atoms with van der Waals surface area (Å²) in [6.07, 6.45) is 1.76. The molecule has 0 saturated carbocycles. The van der Waals surface area contributed by atoms with Crippen LogP contribution in [0, 0.1) is 0 Å². The predicted octanol–water partition coefficient (Wildman–Crippen LogP) is 5.24. The lowest BCUT2D eigenvalue weighted by atomic mass is 10.1. The third-order valence-corrected chi connectivity index (χ3v) is 5.78. The maximum Gasteiger partial charge on any atom is 0.261 e. The second kappa shape index (κ2) is 8.97. The lowest BCUT2D eigenvalue weighted by Crippen LogP contribution is -2.37. The Morgan fingerprint density at radius 2 is 1.90 bits per heavy atom. The van der Waals surface area contributed by atoms with Crippen molar-refractivity contribution in [2.24, 2.45) is 7.05 Å². The topological polar surface area (TPSA) is 55.2 Å². The van der Waals surface area contributed by atoms with Crippen LogP contribution in [0.5, 0.6) is 0 Å². The normalized spacial score (nSPS) is 12.2. The number of hydrogen-bond acceptors (Lipinski definition) is 3.